The van der Waals surface area contributed by atoms with Crippen LogP contribution >= 0.6 is 0 Å². The van der Waals surface area contributed by atoms with Crippen molar-refractivity contribution in [3.05, 3.63) is 0 Å². The summed E-state index contributed by atoms with van der Waals surface area (Å²) in [5.41, 5.74) is 0. The monoisotopic (exact) mass is 494 g/mol. The molecule has 0 N–H and O–H groups in total. The van der Waals surface area contributed by atoms with Crippen molar-refractivity contribution in [2.24, 2.45) is 0 Å². The first-order chi connectivity index (χ1) is 17.2. The normalized spacial score (nSPS) is 12.1. The van der Waals surface area contributed by atoms with Crippen LogP contribution in [0.3, 0.4) is 0 Å². The highest BCUT2D eigenvalue weighted by atomic mass is 16.5. The molecule has 0 aliphatic carbocycles. The van der Waals surface area contributed by atoms with E-state index >= 15 is 0 Å². The fraction of sp³-hybridized carbons (Fsp3) is 0.938. The molecular formula is C32H62O3. The van der Waals surface area contributed by atoms with Crippen LogP contribution in [0.5, 0.6) is 0 Å². The predicted molar refractivity (Wildman–Crippen MR) is 152 cm³/mol. The maximum absolute atomic E-state index is 12.2. The van der Waals surface area contributed by atoms with Gasteiger partial charge < -0.3 is 9.53 Å². The molecule has 0 radical (unpaired) electrons. The van der Waals surface area contributed by atoms with Gasteiger partial charge in [0.1, 0.15) is 12.4 Å². The molecule has 0 aromatic heterocycles. The quantitative estimate of drug-likeness (QED) is 0.0590. The van der Waals surface area contributed by atoms with Crippen LogP contribution < -0.4 is 0 Å². The van der Waals surface area contributed by atoms with Gasteiger partial charge in [0.2, 0.25) is 0 Å². The van der Waals surface area contributed by atoms with Gasteiger partial charge >= 0.3 is 5.97 Å². The zero-order valence-corrected chi connectivity index (χ0v) is 24.0. The van der Waals surface area contributed by atoms with Crippen molar-refractivity contribution in [1.29, 1.82) is 0 Å². The summed E-state index contributed by atoms with van der Waals surface area (Å²) in [5.74, 6) is -0.109. The van der Waals surface area contributed by atoms with Gasteiger partial charge in [-0.05, 0) is 19.3 Å². The summed E-state index contributed by atoms with van der Waals surface area (Å²) in [7, 11) is 0. The van der Waals surface area contributed by atoms with Crippen LogP contribution in [0.4, 0.5) is 0 Å². The number of hydrogen-bond acceptors (Lipinski definition) is 3. The van der Waals surface area contributed by atoms with Gasteiger partial charge in [-0.2, -0.15) is 0 Å². The number of esters is 1. The molecule has 0 rings (SSSR count). The second-order valence-corrected chi connectivity index (χ2v) is 10.8. The second-order valence-electron chi connectivity index (χ2n) is 10.8. The smallest absolute Gasteiger partial charge is 0.306 e. The number of hydrogen-bond donors (Lipinski definition) is 0. The zero-order valence-electron chi connectivity index (χ0n) is 24.0. The van der Waals surface area contributed by atoms with E-state index in [1.807, 2.05) is 0 Å². The van der Waals surface area contributed by atoms with E-state index in [0.29, 0.717) is 12.8 Å². The van der Waals surface area contributed by atoms with E-state index in [1.54, 1.807) is 0 Å². The largest absolute Gasteiger partial charge is 0.462 e. The summed E-state index contributed by atoms with van der Waals surface area (Å²) in [6.07, 6.45) is 33.8. The zero-order chi connectivity index (χ0) is 25.7. The lowest BCUT2D eigenvalue weighted by atomic mass is 10.0. The minimum Gasteiger partial charge on any atom is -0.462 e. The van der Waals surface area contributed by atoms with Gasteiger partial charge in [0.05, 0.1) is 0 Å². The molecule has 0 aromatic rings. The summed E-state index contributed by atoms with van der Waals surface area (Å²) in [4.78, 5) is 23.2. The van der Waals surface area contributed by atoms with E-state index in [-0.39, 0.29) is 12.1 Å². The molecule has 0 aromatic carbocycles. The molecule has 0 saturated heterocycles. The minimum atomic E-state index is -0.208. The van der Waals surface area contributed by atoms with E-state index in [4.69, 9.17) is 4.74 Å². The van der Waals surface area contributed by atoms with E-state index < -0.39 is 0 Å². The average molecular weight is 495 g/mol. The van der Waals surface area contributed by atoms with Crippen molar-refractivity contribution in [3.63, 3.8) is 0 Å². The molecule has 0 saturated carbocycles. The van der Waals surface area contributed by atoms with Crippen LogP contribution in [-0.2, 0) is 14.3 Å². The van der Waals surface area contributed by atoms with E-state index in [0.717, 1.165) is 32.0 Å². The molecule has 0 aliphatic heterocycles. The Morgan fingerprint density at radius 1 is 0.543 bits per heavy atom. The number of rotatable bonds is 29. The lowest BCUT2D eigenvalue weighted by Gasteiger charge is -2.15. The van der Waals surface area contributed by atoms with Gasteiger partial charge in [-0.1, -0.05) is 155 Å². The molecule has 0 fully saturated rings. The van der Waals surface area contributed by atoms with Crippen molar-refractivity contribution in [3.8, 4) is 0 Å². The maximum Gasteiger partial charge on any atom is 0.306 e. The Balaban J connectivity index is 3.51. The van der Waals surface area contributed by atoms with Crippen LogP contribution in [-0.4, -0.2) is 18.4 Å². The van der Waals surface area contributed by atoms with Crippen molar-refractivity contribution >= 4 is 12.3 Å². The average Bonchev–Trinajstić information content (AvgIpc) is 2.85. The number of carbonyl (C=O) groups excluding carboxylic acids is 2. The Morgan fingerprint density at radius 3 is 1.26 bits per heavy atom. The first-order valence-corrected chi connectivity index (χ1v) is 15.9. The number of carbonyl (C=O) groups is 2. The van der Waals surface area contributed by atoms with Crippen LogP contribution in [0.1, 0.15) is 187 Å². The van der Waals surface area contributed by atoms with Crippen molar-refractivity contribution < 1.29 is 14.3 Å². The Kier molecular flexibility index (Phi) is 28.6. The van der Waals surface area contributed by atoms with Gasteiger partial charge in [-0.3, -0.25) is 4.79 Å². The fourth-order valence-electron chi connectivity index (χ4n) is 4.90. The number of aldehydes is 1. The minimum absolute atomic E-state index is 0.109. The predicted octanol–water partition coefficient (Wildman–Crippen LogP) is 10.7. The molecule has 0 amide bonds. The van der Waals surface area contributed by atoms with Crippen LogP contribution in [0, 0.1) is 0 Å². The highest BCUT2D eigenvalue weighted by Gasteiger charge is 2.13. The molecule has 0 heterocycles. The third-order valence-corrected chi connectivity index (χ3v) is 7.27. The number of unbranched alkanes of at least 4 members (excludes halogenated alkanes) is 22. The summed E-state index contributed by atoms with van der Waals surface area (Å²) < 4.78 is 5.61. The Morgan fingerprint density at radius 2 is 0.886 bits per heavy atom. The third-order valence-electron chi connectivity index (χ3n) is 7.27. The van der Waals surface area contributed by atoms with E-state index in [1.165, 1.54) is 135 Å². The van der Waals surface area contributed by atoms with Crippen molar-refractivity contribution in [2.75, 3.05) is 0 Å². The van der Waals surface area contributed by atoms with Crippen molar-refractivity contribution in [2.45, 2.75) is 193 Å². The molecule has 35 heavy (non-hydrogen) atoms. The Labute approximate surface area is 219 Å². The lowest BCUT2D eigenvalue weighted by Crippen LogP contribution is -2.18. The molecule has 208 valence electrons. The van der Waals surface area contributed by atoms with Crippen LogP contribution in [0.2, 0.25) is 0 Å². The molecule has 0 aliphatic rings. The van der Waals surface area contributed by atoms with Gasteiger partial charge in [0.25, 0.3) is 0 Å². The maximum atomic E-state index is 12.2. The summed E-state index contributed by atoms with van der Waals surface area (Å²) in [6.45, 7) is 4.53. The highest BCUT2D eigenvalue weighted by Crippen LogP contribution is 2.16. The van der Waals surface area contributed by atoms with E-state index in [2.05, 4.69) is 13.8 Å². The topological polar surface area (TPSA) is 43.4 Å². The molecule has 0 spiro atoms. The second kappa shape index (κ2) is 29.4. The lowest BCUT2D eigenvalue weighted by molar-refractivity contribution is -0.150. The molecule has 3 nitrogen and oxygen atoms in total. The first-order valence-electron chi connectivity index (χ1n) is 15.9. The summed E-state index contributed by atoms with van der Waals surface area (Å²) in [6, 6.07) is 0. The van der Waals surface area contributed by atoms with Gasteiger partial charge in [-0.15, -0.1) is 0 Å². The molecule has 0 unspecified atom stereocenters. The van der Waals surface area contributed by atoms with E-state index in [9.17, 15) is 9.59 Å². The molecule has 0 bridgehead atoms. The molecule has 1 atom stereocenters. The Bertz CT molecular complexity index is 435. The SMILES string of the molecule is CCCCCCCCCCCCCCCCCC(=O)O[C@@H](CC=O)CCCCCCCCCCC. The first kappa shape index (κ1) is 34.1. The van der Waals surface area contributed by atoms with Crippen molar-refractivity contribution in [1.82, 2.24) is 0 Å². The number of ether oxygens (including phenoxy) is 1. The third kappa shape index (κ3) is 27.6. The standard InChI is InChI=1S/C32H62O3/c1-3-5-7-9-11-13-14-15-16-17-18-20-22-24-26-28-32(34)35-31(29-30-33)27-25-23-21-19-12-10-8-6-4-2/h30-31H,3-29H2,1-2H3/t31-/m1/s1. The Hall–Kier alpha value is -0.860. The van der Waals surface area contributed by atoms with Crippen LogP contribution in [0.15, 0.2) is 0 Å². The summed E-state index contributed by atoms with van der Waals surface area (Å²) >= 11 is 0. The summed E-state index contributed by atoms with van der Waals surface area (Å²) in [5, 5.41) is 0. The molecular weight excluding hydrogens is 432 g/mol. The van der Waals surface area contributed by atoms with Gasteiger partial charge in [0, 0.05) is 12.8 Å². The van der Waals surface area contributed by atoms with Gasteiger partial charge in [0.15, 0.2) is 0 Å². The van der Waals surface area contributed by atoms with Crippen LogP contribution in [0.25, 0.3) is 0 Å². The molecule has 3 heteroatoms. The highest BCUT2D eigenvalue weighted by molar-refractivity contribution is 5.69. The fourth-order valence-corrected chi connectivity index (χ4v) is 4.90. The van der Waals surface area contributed by atoms with Gasteiger partial charge in [-0.25, -0.2) is 0 Å².